The third kappa shape index (κ3) is 1.51. The molecule has 0 amide bonds. The fraction of sp³-hybridized carbons (Fsp3) is 1.00. The molecule has 0 N–H and O–H groups in total. The molecule has 0 aromatic rings. The van der Waals surface area contributed by atoms with Crippen LogP contribution in [-0.2, 0) is 13.8 Å². The van der Waals surface area contributed by atoms with Crippen molar-refractivity contribution >= 4 is 8.69 Å². The molecular weight excluding hydrogens is 127 g/mol. The van der Waals surface area contributed by atoms with Gasteiger partial charge < -0.3 is 4.74 Å². The maximum atomic E-state index is 9.78. The molecule has 1 heterocycles. The third-order valence-corrected chi connectivity index (χ3v) is 1.46. The molecule has 0 unspecified atom stereocenters. The summed E-state index contributed by atoms with van der Waals surface area (Å²) in [5, 5.41) is 0. The van der Waals surface area contributed by atoms with E-state index in [0.29, 0.717) is 6.61 Å². The maximum Gasteiger partial charge on any atom is 0.327 e. The van der Waals surface area contributed by atoms with E-state index in [-0.39, 0.29) is 14.8 Å². The molecule has 0 aromatic carbocycles. The van der Waals surface area contributed by atoms with Crippen molar-refractivity contribution in [3.63, 3.8) is 0 Å². The van der Waals surface area contributed by atoms with E-state index in [4.69, 9.17) is 9.26 Å². The highest BCUT2D eigenvalue weighted by Crippen LogP contribution is 2.12. The van der Waals surface area contributed by atoms with Crippen LogP contribution in [0.4, 0.5) is 0 Å². The van der Waals surface area contributed by atoms with Gasteiger partial charge in [0.05, 0.1) is 12.7 Å². The van der Waals surface area contributed by atoms with E-state index in [1.54, 1.807) is 0 Å². The second-order valence-electron chi connectivity index (χ2n) is 1.67. The Bertz CT molecular complexity index is 79.4. The monoisotopic (exact) mass is 134 g/mol. The molecule has 3 nitrogen and oxygen atoms in total. The lowest BCUT2D eigenvalue weighted by molar-refractivity contribution is 0.149. The average molecular weight is 134 g/mol. The normalized spacial score (nSPS) is 29.2. The zero-order valence-electron chi connectivity index (χ0n) is 4.37. The fourth-order valence-electron chi connectivity index (χ4n) is 0.657. The van der Waals surface area contributed by atoms with Crippen molar-refractivity contribution in [3.8, 4) is 0 Å². The van der Waals surface area contributed by atoms with Crippen molar-refractivity contribution in [1.82, 2.24) is 0 Å². The van der Waals surface area contributed by atoms with E-state index in [1.807, 2.05) is 0 Å². The summed E-state index contributed by atoms with van der Waals surface area (Å²) in [5.41, 5.74) is 0. The van der Waals surface area contributed by atoms with Gasteiger partial charge >= 0.3 is 8.69 Å². The highest BCUT2D eigenvalue weighted by Gasteiger charge is 2.15. The summed E-state index contributed by atoms with van der Waals surface area (Å²) in [4.78, 5) is 0. The van der Waals surface area contributed by atoms with Crippen LogP contribution in [0, 0.1) is 0 Å². The van der Waals surface area contributed by atoms with Crippen LogP contribution in [0.5, 0.6) is 0 Å². The van der Waals surface area contributed by atoms with Crippen LogP contribution in [0.25, 0.3) is 0 Å². The van der Waals surface area contributed by atoms with Crippen LogP contribution in [0.15, 0.2) is 0 Å². The summed E-state index contributed by atoms with van der Waals surface area (Å²) in [7, 11) is -0.235. The zero-order valence-corrected chi connectivity index (χ0v) is 5.27. The molecule has 0 radical (unpaired) electrons. The topological polar surface area (TPSA) is 35.5 Å². The van der Waals surface area contributed by atoms with Gasteiger partial charge in [-0.1, -0.05) is 0 Å². The molecule has 0 spiro atoms. The van der Waals surface area contributed by atoms with Crippen LogP contribution < -0.4 is 0 Å². The first-order valence-electron chi connectivity index (χ1n) is 2.49. The summed E-state index contributed by atoms with van der Waals surface area (Å²) in [6.07, 6.45) is 0.934. The largest absolute Gasteiger partial charge is 0.379 e. The lowest BCUT2D eigenvalue weighted by Gasteiger charge is -1.97. The summed E-state index contributed by atoms with van der Waals surface area (Å²) in [5.74, 6) is 0. The van der Waals surface area contributed by atoms with Gasteiger partial charge in [-0.2, -0.15) is 0 Å². The van der Waals surface area contributed by atoms with Crippen LogP contribution in [0.3, 0.4) is 0 Å². The van der Waals surface area contributed by atoms with Gasteiger partial charge in [0, 0.05) is 13.0 Å². The predicted octanol–water partition coefficient (Wildman–Crippen LogP) is 0.999. The molecular formula is C4H7O3P. The Morgan fingerprint density at radius 2 is 2.62 bits per heavy atom. The summed E-state index contributed by atoms with van der Waals surface area (Å²) >= 11 is 0. The van der Waals surface area contributed by atoms with E-state index in [0.717, 1.165) is 13.0 Å². The summed E-state index contributed by atoms with van der Waals surface area (Å²) in [6, 6.07) is 0. The van der Waals surface area contributed by atoms with Crippen molar-refractivity contribution in [3.05, 3.63) is 0 Å². The van der Waals surface area contributed by atoms with Crippen molar-refractivity contribution in [2.45, 2.75) is 12.5 Å². The highest BCUT2D eigenvalue weighted by molar-refractivity contribution is 7.17. The number of ether oxygens (including phenoxy) is 1. The average Bonchev–Trinajstić information content (AvgIpc) is 2.19. The van der Waals surface area contributed by atoms with Gasteiger partial charge in [0.15, 0.2) is 0 Å². The number of hydrogen-bond donors (Lipinski definition) is 0. The van der Waals surface area contributed by atoms with Gasteiger partial charge in [-0.25, -0.2) is 4.57 Å². The van der Waals surface area contributed by atoms with Crippen molar-refractivity contribution in [2.24, 2.45) is 0 Å². The van der Waals surface area contributed by atoms with E-state index >= 15 is 0 Å². The number of hydrogen-bond acceptors (Lipinski definition) is 3. The predicted molar refractivity (Wildman–Crippen MR) is 27.9 cm³/mol. The van der Waals surface area contributed by atoms with Gasteiger partial charge in [0.2, 0.25) is 0 Å². The Morgan fingerprint density at radius 3 is 3.12 bits per heavy atom. The first-order chi connectivity index (χ1) is 3.93. The van der Waals surface area contributed by atoms with Gasteiger partial charge in [0.25, 0.3) is 0 Å². The van der Waals surface area contributed by atoms with Crippen LogP contribution in [0.1, 0.15) is 6.42 Å². The lowest BCUT2D eigenvalue weighted by atomic mass is 10.3. The Hall–Kier alpha value is 0.0200. The van der Waals surface area contributed by atoms with Crippen molar-refractivity contribution in [2.75, 3.05) is 13.2 Å². The van der Waals surface area contributed by atoms with Gasteiger partial charge in [0.1, 0.15) is 0 Å². The molecule has 8 heavy (non-hydrogen) atoms. The Balaban J connectivity index is 2.14. The molecule has 1 rings (SSSR count). The van der Waals surface area contributed by atoms with E-state index in [1.165, 1.54) is 0 Å². The molecule has 0 aliphatic carbocycles. The standard InChI is InChI=1S/C4H7O3P/c5-8-7-4-1-2-6-3-4/h4H,1-3H2/t4-/m0/s1. The van der Waals surface area contributed by atoms with E-state index < -0.39 is 0 Å². The smallest absolute Gasteiger partial charge is 0.327 e. The van der Waals surface area contributed by atoms with Gasteiger partial charge in [-0.05, 0) is 0 Å². The molecule has 0 saturated carbocycles. The second kappa shape index (κ2) is 3.13. The molecule has 0 bridgehead atoms. The number of rotatable bonds is 2. The molecule has 0 aromatic heterocycles. The molecule has 1 aliphatic rings. The first-order valence-corrected chi connectivity index (χ1v) is 3.22. The summed E-state index contributed by atoms with van der Waals surface area (Å²) in [6.45, 7) is 1.33. The van der Waals surface area contributed by atoms with Crippen LogP contribution in [-0.4, -0.2) is 19.3 Å². The molecule has 1 atom stereocenters. The molecule has 4 heteroatoms. The minimum atomic E-state index is -0.235. The quantitative estimate of drug-likeness (QED) is 0.528. The SMILES string of the molecule is O=PO[C@H]1CCOC1. The van der Waals surface area contributed by atoms with Gasteiger partial charge in [-0.15, -0.1) is 0 Å². The Kier molecular flexibility index (Phi) is 2.40. The van der Waals surface area contributed by atoms with E-state index in [9.17, 15) is 4.57 Å². The molecule has 1 saturated heterocycles. The molecule has 1 aliphatic heterocycles. The first kappa shape index (κ1) is 6.14. The Labute approximate surface area is 49.3 Å². The third-order valence-electron chi connectivity index (χ3n) is 1.08. The maximum absolute atomic E-state index is 9.78. The molecule has 46 valence electrons. The van der Waals surface area contributed by atoms with Crippen LogP contribution >= 0.6 is 8.69 Å². The van der Waals surface area contributed by atoms with E-state index in [2.05, 4.69) is 0 Å². The zero-order chi connectivity index (χ0) is 5.82. The Morgan fingerprint density at radius 1 is 1.75 bits per heavy atom. The molecule has 1 fully saturated rings. The lowest BCUT2D eigenvalue weighted by Crippen LogP contribution is -2.04. The van der Waals surface area contributed by atoms with Crippen molar-refractivity contribution < 1.29 is 13.8 Å². The van der Waals surface area contributed by atoms with Crippen LogP contribution in [0.2, 0.25) is 0 Å². The fourth-order valence-corrected chi connectivity index (χ4v) is 0.945. The minimum Gasteiger partial charge on any atom is -0.379 e. The minimum absolute atomic E-state index is 0.0640. The second-order valence-corrected chi connectivity index (χ2v) is 2.03. The highest BCUT2D eigenvalue weighted by atomic mass is 31.1. The van der Waals surface area contributed by atoms with Crippen molar-refractivity contribution in [1.29, 1.82) is 0 Å². The summed E-state index contributed by atoms with van der Waals surface area (Å²) < 4.78 is 19.4. The van der Waals surface area contributed by atoms with Gasteiger partial charge in [-0.3, -0.25) is 4.52 Å².